The van der Waals surface area contributed by atoms with Gasteiger partial charge in [0.1, 0.15) is 6.54 Å². The Morgan fingerprint density at radius 1 is 1.59 bits per heavy atom. The van der Waals surface area contributed by atoms with Crippen molar-refractivity contribution in [3.63, 3.8) is 0 Å². The molecule has 2 rings (SSSR count). The summed E-state index contributed by atoms with van der Waals surface area (Å²) in [5, 5.41) is 17.9. The minimum absolute atomic E-state index is 0.0917. The molecule has 0 N–H and O–H groups in total. The molecule has 88 valence electrons. The Morgan fingerprint density at radius 3 is 2.88 bits per heavy atom. The van der Waals surface area contributed by atoms with E-state index in [1.807, 2.05) is 22.6 Å². The van der Waals surface area contributed by atoms with E-state index in [4.69, 9.17) is 0 Å². The normalized spacial score (nSPS) is 10.4. The van der Waals surface area contributed by atoms with Gasteiger partial charge in [-0.1, -0.05) is 0 Å². The lowest BCUT2D eigenvalue weighted by molar-refractivity contribution is -0.389. The number of hydrogen-bond donors (Lipinski definition) is 0. The highest BCUT2D eigenvalue weighted by molar-refractivity contribution is 14.1. The number of hydrogen-bond acceptors (Lipinski definition) is 5. The maximum Gasteiger partial charge on any atom is 0.389 e. The van der Waals surface area contributed by atoms with Gasteiger partial charge in [-0.15, -0.1) is 0 Å². The summed E-state index contributed by atoms with van der Waals surface area (Å²) >= 11 is 2.03. The minimum atomic E-state index is -0.613. The first-order valence-corrected chi connectivity index (χ1v) is 5.55. The van der Waals surface area contributed by atoms with Crippen LogP contribution in [0.5, 0.6) is 0 Å². The van der Waals surface area contributed by atoms with Crippen molar-refractivity contribution in [2.24, 2.45) is 0 Å². The van der Waals surface area contributed by atoms with E-state index in [-0.39, 0.29) is 18.3 Å². The molecular formula is C8H6IN5O3. The summed E-state index contributed by atoms with van der Waals surface area (Å²) < 4.78 is 3.21. The summed E-state index contributed by atoms with van der Waals surface area (Å²) in [6, 6.07) is 1.24. The molecule has 0 aliphatic carbocycles. The summed E-state index contributed by atoms with van der Waals surface area (Å²) in [6.45, 7) is -0.0917. The van der Waals surface area contributed by atoms with Crippen LogP contribution in [0.2, 0.25) is 0 Å². The fraction of sp³-hybridized carbons (Fsp3) is 0.125. The van der Waals surface area contributed by atoms with Gasteiger partial charge in [0.15, 0.2) is 0 Å². The Hall–Kier alpha value is -1.78. The van der Waals surface area contributed by atoms with Crippen molar-refractivity contribution >= 4 is 34.3 Å². The van der Waals surface area contributed by atoms with Crippen LogP contribution in [0.1, 0.15) is 4.79 Å². The number of halogens is 1. The van der Waals surface area contributed by atoms with Crippen LogP contribution in [0.3, 0.4) is 0 Å². The van der Waals surface area contributed by atoms with Crippen molar-refractivity contribution in [1.29, 1.82) is 0 Å². The van der Waals surface area contributed by atoms with Crippen LogP contribution in [0.15, 0.2) is 24.7 Å². The topological polar surface area (TPSA) is 95.9 Å². The first kappa shape index (κ1) is 11.7. The standard InChI is InChI=1S/C8H6IN5O3/c9-6-3-10-13(4-6)8(15)5-12-2-1-7(11-12)14(16)17/h1-4H,5H2. The van der Waals surface area contributed by atoms with E-state index in [0.717, 1.165) is 3.57 Å². The maximum atomic E-state index is 11.7. The highest BCUT2D eigenvalue weighted by Crippen LogP contribution is 2.06. The maximum absolute atomic E-state index is 11.7. The third kappa shape index (κ3) is 2.67. The molecule has 0 spiro atoms. The SMILES string of the molecule is O=C(Cn1ccc([N+](=O)[O-])n1)n1cc(I)cn1. The van der Waals surface area contributed by atoms with E-state index in [9.17, 15) is 14.9 Å². The molecule has 0 saturated heterocycles. The first-order chi connectivity index (χ1) is 8.06. The smallest absolute Gasteiger partial charge is 0.358 e. The average molecular weight is 347 g/mol. The number of nitrogens with zero attached hydrogens (tertiary/aromatic N) is 5. The van der Waals surface area contributed by atoms with E-state index >= 15 is 0 Å². The summed E-state index contributed by atoms with van der Waals surface area (Å²) in [6.07, 6.45) is 4.50. The van der Waals surface area contributed by atoms with Crippen molar-refractivity contribution in [2.45, 2.75) is 6.54 Å². The van der Waals surface area contributed by atoms with Gasteiger partial charge in [-0.3, -0.25) is 4.79 Å². The van der Waals surface area contributed by atoms with Crippen molar-refractivity contribution < 1.29 is 9.72 Å². The van der Waals surface area contributed by atoms with E-state index in [2.05, 4.69) is 10.2 Å². The predicted molar refractivity (Wildman–Crippen MR) is 64.5 cm³/mol. The fourth-order valence-electron chi connectivity index (χ4n) is 1.18. The van der Waals surface area contributed by atoms with Gasteiger partial charge < -0.3 is 10.1 Å². The first-order valence-electron chi connectivity index (χ1n) is 4.47. The highest BCUT2D eigenvalue weighted by Gasteiger charge is 2.14. The van der Waals surface area contributed by atoms with Gasteiger partial charge in [-0.25, -0.2) is 4.68 Å². The molecule has 0 aliphatic heterocycles. The number of nitro groups is 1. The van der Waals surface area contributed by atoms with Gasteiger partial charge in [-0.2, -0.15) is 9.78 Å². The minimum Gasteiger partial charge on any atom is -0.358 e. The summed E-state index contributed by atoms with van der Waals surface area (Å²) in [5.41, 5.74) is 0. The van der Waals surface area contributed by atoms with Crippen LogP contribution in [-0.2, 0) is 6.54 Å². The van der Waals surface area contributed by atoms with Crippen LogP contribution in [0, 0.1) is 13.7 Å². The van der Waals surface area contributed by atoms with E-state index < -0.39 is 4.92 Å². The Balaban J connectivity index is 2.10. The third-order valence-electron chi connectivity index (χ3n) is 1.92. The van der Waals surface area contributed by atoms with Gasteiger partial charge >= 0.3 is 5.82 Å². The summed E-state index contributed by atoms with van der Waals surface area (Å²) in [7, 11) is 0. The molecule has 2 aromatic heterocycles. The molecule has 9 heteroatoms. The van der Waals surface area contributed by atoms with E-state index in [0.29, 0.717) is 0 Å². The fourth-order valence-corrected chi connectivity index (χ4v) is 1.57. The molecule has 0 aromatic carbocycles. The molecule has 0 atom stereocenters. The molecule has 0 aliphatic rings. The van der Waals surface area contributed by atoms with Crippen LogP contribution >= 0.6 is 22.6 Å². The third-order valence-corrected chi connectivity index (χ3v) is 2.47. The highest BCUT2D eigenvalue weighted by atomic mass is 127. The zero-order chi connectivity index (χ0) is 12.4. The second-order valence-corrected chi connectivity index (χ2v) is 4.37. The van der Waals surface area contributed by atoms with Crippen LogP contribution in [0.4, 0.5) is 5.82 Å². The molecule has 0 amide bonds. The lowest BCUT2D eigenvalue weighted by Gasteiger charge is -1.96. The number of carbonyl (C=O) groups excluding carboxylic acids is 1. The van der Waals surface area contributed by atoms with Crippen molar-refractivity contribution in [3.8, 4) is 0 Å². The number of rotatable bonds is 3. The average Bonchev–Trinajstić information content (AvgIpc) is 2.86. The number of aromatic nitrogens is 4. The van der Waals surface area contributed by atoms with Gasteiger partial charge in [0.2, 0.25) is 0 Å². The van der Waals surface area contributed by atoms with Crippen molar-refractivity contribution in [1.82, 2.24) is 19.6 Å². The van der Waals surface area contributed by atoms with Crippen molar-refractivity contribution in [3.05, 3.63) is 38.3 Å². The molecule has 0 saturated carbocycles. The monoisotopic (exact) mass is 347 g/mol. The van der Waals surface area contributed by atoms with Crippen molar-refractivity contribution in [2.75, 3.05) is 0 Å². The molecular weight excluding hydrogens is 341 g/mol. The van der Waals surface area contributed by atoms with E-state index in [1.165, 1.54) is 21.6 Å². The van der Waals surface area contributed by atoms with Gasteiger partial charge in [0.05, 0.1) is 27.1 Å². The summed E-state index contributed by atoms with van der Waals surface area (Å²) in [5.74, 6) is -0.598. The van der Waals surface area contributed by atoms with Gasteiger partial charge in [0.25, 0.3) is 5.91 Å². The lowest BCUT2D eigenvalue weighted by atomic mass is 10.6. The van der Waals surface area contributed by atoms with Crippen LogP contribution in [0.25, 0.3) is 0 Å². The zero-order valence-corrected chi connectivity index (χ0v) is 10.5. The molecule has 2 aromatic rings. The second kappa shape index (κ2) is 4.61. The van der Waals surface area contributed by atoms with Crippen LogP contribution in [-0.4, -0.2) is 30.4 Å². The lowest BCUT2D eigenvalue weighted by Crippen LogP contribution is -2.18. The molecule has 0 unspecified atom stereocenters. The molecule has 0 fully saturated rings. The Labute approximate surface area is 109 Å². The summed E-state index contributed by atoms with van der Waals surface area (Å²) in [4.78, 5) is 21.5. The number of carbonyl (C=O) groups is 1. The Kier molecular flexibility index (Phi) is 3.17. The zero-order valence-electron chi connectivity index (χ0n) is 8.36. The van der Waals surface area contributed by atoms with Gasteiger partial charge in [-0.05, 0) is 27.5 Å². The molecule has 0 radical (unpaired) electrons. The van der Waals surface area contributed by atoms with Gasteiger partial charge in [0, 0.05) is 6.20 Å². The predicted octanol–water partition coefficient (Wildman–Crippen LogP) is 0.933. The quantitative estimate of drug-likeness (QED) is 0.468. The molecule has 2 heterocycles. The molecule has 0 bridgehead atoms. The Bertz CT molecular complexity index is 575. The largest absolute Gasteiger partial charge is 0.389 e. The Morgan fingerprint density at radius 2 is 2.35 bits per heavy atom. The van der Waals surface area contributed by atoms with E-state index in [1.54, 1.807) is 12.4 Å². The van der Waals surface area contributed by atoms with Crippen LogP contribution < -0.4 is 0 Å². The molecule has 8 nitrogen and oxygen atoms in total. The second-order valence-electron chi connectivity index (χ2n) is 3.13. The molecule has 17 heavy (non-hydrogen) atoms.